The minimum atomic E-state index is -4.42. The van der Waals surface area contributed by atoms with Gasteiger partial charge in [-0.05, 0) is 148 Å². The second-order valence-electron chi connectivity index (χ2n) is 19.8. The van der Waals surface area contributed by atoms with Gasteiger partial charge in [0.2, 0.25) is 0 Å². The largest absolute Gasteiger partial charge is 0.472 e. The Bertz CT molecular complexity index is 2110. The van der Waals surface area contributed by atoms with E-state index >= 15 is 0 Å². The van der Waals surface area contributed by atoms with E-state index in [-0.39, 0.29) is 32.6 Å². The van der Waals surface area contributed by atoms with E-state index in [9.17, 15) is 19.0 Å². The van der Waals surface area contributed by atoms with E-state index in [4.69, 9.17) is 24.3 Å². The van der Waals surface area contributed by atoms with Gasteiger partial charge < -0.3 is 20.1 Å². The lowest BCUT2D eigenvalue weighted by molar-refractivity contribution is -0.161. The minimum Gasteiger partial charge on any atom is -0.462 e. The van der Waals surface area contributed by atoms with Crippen LogP contribution >= 0.6 is 7.82 Å². The number of phosphoric acid groups is 1. The highest BCUT2D eigenvalue weighted by atomic mass is 31.2. The maximum absolute atomic E-state index is 12.7. The summed E-state index contributed by atoms with van der Waals surface area (Å²) in [6.45, 7) is 3.42. The van der Waals surface area contributed by atoms with Crippen molar-refractivity contribution >= 4 is 19.8 Å². The molecule has 0 saturated heterocycles. The number of allylic oxidation sites excluding steroid dienone is 34. The first kappa shape index (κ1) is 77.6. The summed E-state index contributed by atoms with van der Waals surface area (Å²) in [7, 11) is -4.42. The van der Waals surface area contributed by atoms with Crippen molar-refractivity contribution in [2.24, 2.45) is 5.73 Å². The van der Waals surface area contributed by atoms with Crippen LogP contribution in [0.1, 0.15) is 206 Å². The summed E-state index contributed by atoms with van der Waals surface area (Å²) in [5, 5.41) is 0. The lowest BCUT2D eigenvalue weighted by Crippen LogP contribution is -2.29. The van der Waals surface area contributed by atoms with Crippen molar-refractivity contribution in [1.82, 2.24) is 0 Å². The van der Waals surface area contributed by atoms with Gasteiger partial charge in [-0.3, -0.25) is 18.6 Å². The van der Waals surface area contributed by atoms with E-state index in [2.05, 4.69) is 220 Å². The van der Waals surface area contributed by atoms with Crippen LogP contribution in [0.25, 0.3) is 0 Å². The van der Waals surface area contributed by atoms with Crippen LogP contribution in [0, 0.1) is 0 Å². The third-order valence-electron chi connectivity index (χ3n) is 12.2. The zero-order chi connectivity index (χ0) is 60.1. The standard InChI is InChI=1S/C73H112NO8P/c1-3-5-7-9-11-13-15-17-19-21-23-25-27-29-30-31-32-33-34-35-36-37-38-39-40-42-44-46-48-50-52-54-56-58-60-62-64-66-73(76)82-71(70-81-83(77,78)80-68-67-74)69-79-72(75)65-63-61-59-57-55-53-51-49-47-45-43-41-28-26-24-22-20-18-16-14-12-10-8-6-4-2/h5-8,11-14,17-20,23-26,29-30,32-33,35-36,38-39,41-44,47-50,53,55,71H,3-4,9-10,15-16,21-22,27-28,31,34,37,40,45-46,51-52,54,56-70,74H2,1-2H3,(H,77,78)/b7-5-,8-6-,13-11-,14-12-,19-17-,20-18-,25-23-,26-24-,30-29-,33-32-,36-35-,39-38-,43-41-,44-42-,49-47-,50-48-,55-53-. The second kappa shape index (κ2) is 65.7. The average Bonchev–Trinajstić information content (AvgIpc) is 3.49. The van der Waals surface area contributed by atoms with Gasteiger partial charge in [0.05, 0.1) is 13.2 Å². The summed E-state index contributed by atoms with van der Waals surface area (Å²) < 4.78 is 33.0. The van der Waals surface area contributed by atoms with E-state index in [0.29, 0.717) is 12.8 Å². The molecule has 0 aromatic carbocycles. The summed E-state index contributed by atoms with van der Waals surface area (Å²) in [5.74, 6) is -0.903. The number of ether oxygens (including phenoxy) is 2. The van der Waals surface area contributed by atoms with Crippen molar-refractivity contribution in [2.75, 3.05) is 26.4 Å². The number of hydrogen-bond donors (Lipinski definition) is 2. The maximum atomic E-state index is 12.7. The third-order valence-corrected chi connectivity index (χ3v) is 13.1. The highest BCUT2D eigenvalue weighted by Gasteiger charge is 2.26. The molecular formula is C73H112NO8P. The normalized spacial score (nSPS) is 14.4. The Balaban J connectivity index is 4.13. The summed E-state index contributed by atoms with van der Waals surface area (Å²) in [5.41, 5.74) is 5.38. The van der Waals surface area contributed by atoms with E-state index in [1.54, 1.807) is 0 Å². The molecule has 0 saturated carbocycles. The summed E-state index contributed by atoms with van der Waals surface area (Å²) in [4.78, 5) is 35.3. The van der Waals surface area contributed by atoms with Crippen LogP contribution in [0.2, 0.25) is 0 Å². The van der Waals surface area contributed by atoms with Crippen LogP contribution in [-0.2, 0) is 32.7 Å². The quantitative estimate of drug-likeness (QED) is 0.0264. The molecule has 0 fully saturated rings. The predicted octanol–water partition coefficient (Wildman–Crippen LogP) is 20.7. The van der Waals surface area contributed by atoms with E-state index in [1.807, 2.05) is 0 Å². The van der Waals surface area contributed by atoms with E-state index in [1.165, 1.54) is 0 Å². The first-order chi connectivity index (χ1) is 40.8. The second-order valence-corrected chi connectivity index (χ2v) is 21.3. The maximum Gasteiger partial charge on any atom is 0.472 e. The molecule has 0 aliphatic carbocycles. The zero-order valence-corrected chi connectivity index (χ0v) is 52.5. The molecule has 0 heterocycles. The number of phosphoric ester groups is 1. The topological polar surface area (TPSA) is 134 Å². The molecule has 0 aliphatic heterocycles. The van der Waals surface area contributed by atoms with Crippen molar-refractivity contribution in [1.29, 1.82) is 0 Å². The minimum absolute atomic E-state index is 0.0335. The summed E-state index contributed by atoms with van der Waals surface area (Å²) in [6.07, 6.45) is 102. The van der Waals surface area contributed by atoms with Crippen LogP contribution < -0.4 is 5.73 Å². The summed E-state index contributed by atoms with van der Waals surface area (Å²) >= 11 is 0. The molecule has 0 radical (unpaired) electrons. The highest BCUT2D eigenvalue weighted by molar-refractivity contribution is 7.47. The van der Waals surface area contributed by atoms with Crippen molar-refractivity contribution in [3.8, 4) is 0 Å². The Morgan fingerprint density at radius 3 is 0.940 bits per heavy atom. The molecule has 0 bridgehead atoms. The van der Waals surface area contributed by atoms with Gasteiger partial charge in [-0.25, -0.2) is 4.57 Å². The van der Waals surface area contributed by atoms with Gasteiger partial charge in [0.1, 0.15) is 6.61 Å². The number of esters is 2. The number of unbranched alkanes of at least 4 members (excludes halogenated alkanes) is 9. The lowest BCUT2D eigenvalue weighted by atomic mass is 10.1. The van der Waals surface area contributed by atoms with Crippen LogP contribution in [-0.4, -0.2) is 49.3 Å². The number of carbonyl (C=O) groups excluding carboxylic acids is 2. The fraction of sp³-hybridized carbons (Fsp3) is 0.507. The Morgan fingerprint density at radius 2 is 0.627 bits per heavy atom. The molecule has 0 rings (SSSR count). The highest BCUT2D eigenvalue weighted by Crippen LogP contribution is 2.43. The molecule has 0 aliphatic rings. The van der Waals surface area contributed by atoms with Crippen molar-refractivity contribution in [2.45, 2.75) is 213 Å². The van der Waals surface area contributed by atoms with Gasteiger partial charge in [0.15, 0.2) is 6.10 Å². The molecule has 0 aromatic rings. The monoisotopic (exact) mass is 1160 g/mol. The number of rotatable bonds is 56. The Hall–Kier alpha value is -5.41. The van der Waals surface area contributed by atoms with E-state index < -0.39 is 32.5 Å². The average molecular weight is 1160 g/mol. The van der Waals surface area contributed by atoms with Crippen molar-refractivity contribution in [3.05, 3.63) is 207 Å². The summed E-state index contributed by atoms with van der Waals surface area (Å²) in [6, 6.07) is 0. The molecule has 9 nitrogen and oxygen atoms in total. The smallest absolute Gasteiger partial charge is 0.462 e. The molecule has 2 atom stereocenters. The molecule has 0 spiro atoms. The molecular weight excluding hydrogens is 1050 g/mol. The lowest BCUT2D eigenvalue weighted by Gasteiger charge is -2.19. The number of carbonyl (C=O) groups is 2. The molecule has 462 valence electrons. The number of hydrogen-bond acceptors (Lipinski definition) is 8. The van der Waals surface area contributed by atoms with Crippen LogP contribution in [0.5, 0.6) is 0 Å². The molecule has 2 unspecified atom stereocenters. The molecule has 10 heteroatoms. The van der Waals surface area contributed by atoms with Gasteiger partial charge in [-0.15, -0.1) is 0 Å². The van der Waals surface area contributed by atoms with Gasteiger partial charge in [0.25, 0.3) is 0 Å². The fourth-order valence-corrected chi connectivity index (χ4v) is 8.35. The zero-order valence-electron chi connectivity index (χ0n) is 51.6. The Kier molecular flexibility index (Phi) is 61.5. The SMILES string of the molecule is CC/C=C\C/C=C\C/C=C\C/C=C\C/C=C\C/C=C\C/C=C\C/C=C\C/C=C\C/C=C\CCCCCCCCC(=O)OC(COC(=O)CCCCC/C=C\C/C=C\C/C=C\C/C=C\C/C=C\C/C=C\C/C=C\CC)COP(=O)(O)OCCN. The fourth-order valence-electron chi connectivity index (χ4n) is 7.58. The molecule has 3 N–H and O–H groups in total. The van der Waals surface area contributed by atoms with Gasteiger partial charge >= 0.3 is 19.8 Å². The van der Waals surface area contributed by atoms with Crippen LogP contribution in [0.4, 0.5) is 0 Å². The Labute approximate surface area is 506 Å². The first-order valence-electron chi connectivity index (χ1n) is 31.6. The molecule has 0 amide bonds. The van der Waals surface area contributed by atoms with Crippen molar-refractivity contribution < 1.29 is 37.6 Å². The molecule has 0 aromatic heterocycles. The molecule has 83 heavy (non-hydrogen) atoms. The van der Waals surface area contributed by atoms with E-state index in [0.717, 1.165) is 167 Å². The van der Waals surface area contributed by atoms with Crippen LogP contribution in [0.3, 0.4) is 0 Å². The van der Waals surface area contributed by atoms with Crippen LogP contribution in [0.15, 0.2) is 207 Å². The first-order valence-corrected chi connectivity index (χ1v) is 33.1. The Morgan fingerprint density at radius 1 is 0.361 bits per heavy atom. The van der Waals surface area contributed by atoms with Gasteiger partial charge in [-0.2, -0.15) is 0 Å². The third kappa shape index (κ3) is 65.6. The van der Waals surface area contributed by atoms with Gasteiger partial charge in [0, 0.05) is 19.4 Å². The van der Waals surface area contributed by atoms with Crippen molar-refractivity contribution in [3.63, 3.8) is 0 Å². The van der Waals surface area contributed by atoms with Gasteiger partial charge in [-0.1, -0.05) is 253 Å². The predicted molar refractivity (Wildman–Crippen MR) is 357 cm³/mol. The number of nitrogens with two attached hydrogens (primary N) is 1.